The molecule has 2 rings (SSSR count). The van der Waals surface area contributed by atoms with Gasteiger partial charge in [0.2, 0.25) is 11.0 Å². The first kappa shape index (κ1) is 17.6. The van der Waals surface area contributed by atoms with Gasteiger partial charge in [-0.25, -0.2) is 0 Å². The van der Waals surface area contributed by atoms with Gasteiger partial charge in [0.05, 0.1) is 12.9 Å². The summed E-state index contributed by atoms with van der Waals surface area (Å²) < 4.78 is 5.86. The first-order chi connectivity index (χ1) is 11.1. The zero-order valence-electron chi connectivity index (χ0n) is 13.3. The number of hydrogen-bond donors (Lipinski definition) is 2. The number of aromatic nitrogens is 2. The maximum atomic E-state index is 11.9. The van der Waals surface area contributed by atoms with Gasteiger partial charge in [-0.05, 0) is 30.2 Å². The molecule has 6 nitrogen and oxygen atoms in total. The number of nitrogens with one attached hydrogen (secondary N) is 2. The van der Waals surface area contributed by atoms with E-state index in [1.807, 2.05) is 0 Å². The number of nitrogens with zero attached hydrogens (tertiary/aromatic N) is 2. The van der Waals surface area contributed by atoms with E-state index in [9.17, 15) is 4.79 Å². The van der Waals surface area contributed by atoms with Crippen molar-refractivity contribution in [3.05, 3.63) is 24.3 Å². The fourth-order valence-corrected chi connectivity index (χ4v) is 3.19. The van der Waals surface area contributed by atoms with Crippen molar-refractivity contribution in [3.8, 4) is 5.75 Å². The molecule has 0 saturated carbocycles. The maximum absolute atomic E-state index is 11.9. The van der Waals surface area contributed by atoms with Crippen LogP contribution in [0.5, 0.6) is 5.75 Å². The van der Waals surface area contributed by atoms with Crippen LogP contribution in [0.1, 0.15) is 13.8 Å². The number of ether oxygens (including phenoxy) is 1. The number of benzene rings is 1. The first-order valence-electron chi connectivity index (χ1n) is 7.21. The Morgan fingerprint density at radius 1 is 1.30 bits per heavy atom. The summed E-state index contributed by atoms with van der Waals surface area (Å²) in [5.41, 5.74) is 0.743. The van der Waals surface area contributed by atoms with Crippen LogP contribution in [-0.4, -0.2) is 35.5 Å². The smallest absolute Gasteiger partial charge is 0.234 e. The van der Waals surface area contributed by atoms with Crippen molar-refractivity contribution in [2.24, 2.45) is 5.92 Å². The fraction of sp³-hybridized carbons (Fsp3) is 0.400. The van der Waals surface area contributed by atoms with E-state index in [0.29, 0.717) is 11.7 Å². The molecule has 0 fully saturated rings. The monoisotopic (exact) mass is 352 g/mol. The summed E-state index contributed by atoms with van der Waals surface area (Å²) in [4.78, 5) is 11.9. The predicted molar refractivity (Wildman–Crippen MR) is 95.6 cm³/mol. The molecular weight excluding hydrogens is 332 g/mol. The molecule has 0 radical (unpaired) electrons. The van der Waals surface area contributed by atoms with E-state index in [2.05, 4.69) is 34.7 Å². The molecule has 0 atom stereocenters. The fourth-order valence-electron chi connectivity index (χ4n) is 1.63. The average molecular weight is 352 g/mol. The Morgan fingerprint density at radius 2 is 2.04 bits per heavy atom. The Morgan fingerprint density at radius 3 is 2.70 bits per heavy atom. The number of carbonyl (C=O) groups is 1. The molecule has 0 spiro atoms. The second kappa shape index (κ2) is 8.73. The van der Waals surface area contributed by atoms with Gasteiger partial charge in [-0.3, -0.25) is 4.79 Å². The van der Waals surface area contributed by atoms with Crippen LogP contribution < -0.4 is 15.4 Å². The van der Waals surface area contributed by atoms with Gasteiger partial charge >= 0.3 is 0 Å². The molecule has 0 unspecified atom stereocenters. The number of carbonyl (C=O) groups excluding carboxylic acids is 1. The summed E-state index contributed by atoms with van der Waals surface area (Å²) in [6.45, 7) is 5.12. The molecule has 23 heavy (non-hydrogen) atoms. The highest BCUT2D eigenvalue weighted by Gasteiger charge is 2.09. The van der Waals surface area contributed by atoms with E-state index in [1.54, 1.807) is 31.4 Å². The van der Waals surface area contributed by atoms with Gasteiger partial charge < -0.3 is 15.4 Å². The van der Waals surface area contributed by atoms with Crippen molar-refractivity contribution in [2.75, 3.05) is 30.0 Å². The van der Waals surface area contributed by atoms with E-state index in [4.69, 9.17) is 4.74 Å². The summed E-state index contributed by atoms with van der Waals surface area (Å²) in [6.07, 6.45) is 0. The van der Waals surface area contributed by atoms with Gasteiger partial charge in [-0.2, -0.15) is 0 Å². The highest BCUT2D eigenvalue weighted by atomic mass is 32.2. The van der Waals surface area contributed by atoms with Crippen LogP contribution in [0.2, 0.25) is 0 Å². The average Bonchev–Trinajstić information content (AvgIpc) is 3.00. The van der Waals surface area contributed by atoms with Gasteiger partial charge in [-0.1, -0.05) is 36.9 Å². The lowest BCUT2D eigenvalue weighted by molar-refractivity contribution is -0.113. The Hall–Kier alpha value is -1.80. The largest absolute Gasteiger partial charge is 0.497 e. The highest BCUT2D eigenvalue weighted by molar-refractivity contribution is 8.01. The first-order valence-corrected chi connectivity index (χ1v) is 9.01. The van der Waals surface area contributed by atoms with Crippen molar-refractivity contribution >= 4 is 39.8 Å². The molecule has 2 N–H and O–H groups in total. The van der Waals surface area contributed by atoms with E-state index >= 15 is 0 Å². The molecular formula is C15H20N4O2S2. The van der Waals surface area contributed by atoms with Crippen LogP contribution in [0, 0.1) is 5.92 Å². The number of anilines is 2. The maximum Gasteiger partial charge on any atom is 0.234 e. The Balaban J connectivity index is 1.77. The van der Waals surface area contributed by atoms with Crippen LogP contribution in [0.25, 0.3) is 0 Å². The van der Waals surface area contributed by atoms with E-state index in [1.165, 1.54) is 23.1 Å². The van der Waals surface area contributed by atoms with Crippen LogP contribution in [-0.2, 0) is 4.79 Å². The minimum absolute atomic E-state index is 0.0768. The minimum Gasteiger partial charge on any atom is -0.497 e. The third kappa shape index (κ3) is 6.07. The molecule has 0 bridgehead atoms. The van der Waals surface area contributed by atoms with Crippen LogP contribution in [0.3, 0.4) is 0 Å². The number of rotatable bonds is 8. The summed E-state index contributed by atoms with van der Waals surface area (Å²) in [5.74, 6) is 1.52. The number of amides is 1. The number of hydrogen-bond acceptors (Lipinski definition) is 7. The molecule has 1 heterocycles. The zero-order valence-corrected chi connectivity index (χ0v) is 15.0. The van der Waals surface area contributed by atoms with Gasteiger partial charge in [-0.15, -0.1) is 10.2 Å². The molecule has 0 aliphatic heterocycles. The Labute approximate surface area is 144 Å². The van der Waals surface area contributed by atoms with E-state index < -0.39 is 0 Å². The molecule has 0 aliphatic carbocycles. The lowest BCUT2D eigenvalue weighted by Crippen LogP contribution is -2.13. The lowest BCUT2D eigenvalue weighted by Gasteiger charge is -2.05. The van der Waals surface area contributed by atoms with Crippen LogP contribution in [0.4, 0.5) is 10.8 Å². The highest BCUT2D eigenvalue weighted by Crippen LogP contribution is 2.25. The zero-order chi connectivity index (χ0) is 16.7. The predicted octanol–water partition coefficient (Wildman–Crippen LogP) is 3.35. The number of thioether (sulfide) groups is 1. The second-order valence-electron chi connectivity index (χ2n) is 5.21. The summed E-state index contributed by atoms with van der Waals surface area (Å²) in [6, 6.07) is 7.22. The van der Waals surface area contributed by atoms with Crippen molar-refractivity contribution < 1.29 is 9.53 Å². The van der Waals surface area contributed by atoms with Gasteiger partial charge in [0, 0.05) is 12.2 Å². The molecule has 1 aromatic heterocycles. The molecule has 1 amide bonds. The van der Waals surface area contributed by atoms with Crippen molar-refractivity contribution in [1.29, 1.82) is 0 Å². The molecule has 0 aliphatic rings. The van der Waals surface area contributed by atoms with Crippen molar-refractivity contribution in [1.82, 2.24) is 10.2 Å². The van der Waals surface area contributed by atoms with E-state index in [-0.39, 0.29) is 5.91 Å². The second-order valence-corrected chi connectivity index (χ2v) is 7.41. The Kier molecular flexibility index (Phi) is 6.66. The number of methoxy groups -OCH3 is 1. The Bertz CT molecular complexity index is 629. The SMILES string of the molecule is COc1ccc(NC(=O)CSc2nnc(NCC(C)C)s2)cc1. The van der Waals surface area contributed by atoms with E-state index in [0.717, 1.165) is 27.5 Å². The standard InChI is InChI=1S/C15H20N4O2S2/c1-10(2)8-16-14-18-19-15(23-14)22-9-13(20)17-11-4-6-12(21-3)7-5-11/h4-7,10H,8-9H2,1-3H3,(H,16,18)(H,17,20). The van der Waals surface area contributed by atoms with Crippen LogP contribution in [0.15, 0.2) is 28.6 Å². The summed E-state index contributed by atoms with van der Waals surface area (Å²) >= 11 is 2.84. The summed E-state index contributed by atoms with van der Waals surface area (Å²) in [7, 11) is 1.61. The quantitative estimate of drug-likeness (QED) is 0.710. The van der Waals surface area contributed by atoms with Crippen molar-refractivity contribution in [2.45, 2.75) is 18.2 Å². The van der Waals surface area contributed by atoms with Crippen molar-refractivity contribution in [3.63, 3.8) is 0 Å². The minimum atomic E-state index is -0.0768. The summed E-state index contributed by atoms with van der Waals surface area (Å²) in [5, 5.41) is 15.0. The third-order valence-corrected chi connectivity index (χ3v) is 4.78. The van der Waals surface area contributed by atoms with Gasteiger partial charge in [0.15, 0.2) is 4.34 Å². The molecule has 0 saturated heterocycles. The normalized spacial score (nSPS) is 10.6. The molecule has 1 aromatic carbocycles. The van der Waals surface area contributed by atoms with Crippen LogP contribution >= 0.6 is 23.1 Å². The molecule has 2 aromatic rings. The topological polar surface area (TPSA) is 76.1 Å². The molecule has 8 heteroatoms. The third-order valence-electron chi connectivity index (χ3n) is 2.77. The lowest BCUT2D eigenvalue weighted by atomic mass is 10.2. The molecule has 124 valence electrons. The van der Waals surface area contributed by atoms with Gasteiger partial charge in [0.1, 0.15) is 5.75 Å². The van der Waals surface area contributed by atoms with Gasteiger partial charge in [0.25, 0.3) is 0 Å².